The molecule has 6 heteroatoms. The van der Waals surface area contributed by atoms with Crippen LogP contribution in [0, 0.1) is 6.92 Å². The Balaban J connectivity index is 2.14. The lowest BCUT2D eigenvalue weighted by Gasteiger charge is -2.22. The normalized spacial score (nSPS) is 11.2. The van der Waals surface area contributed by atoms with Crippen molar-refractivity contribution in [3.8, 4) is 0 Å². The molecule has 122 valence electrons. The molecule has 2 aromatic carbocycles. The Labute approximate surface area is 145 Å². The highest BCUT2D eigenvalue weighted by molar-refractivity contribution is 7.93. The van der Waals surface area contributed by atoms with Crippen molar-refractivity contribution in [1.29, 1.82) is 0 Å². The van der Waals surface area contributed by atoms with E-state index in [1.54, 1.807) is 60.0 Å². The number of carbonyl (C=O) groups is 1. The lowest BCUT2D eigenvalue weighted by atomic mass is 10.2. The number of sulfonamides is 1. The second kappa shape index (κ2) is 6.59. The van der Waals surface area contributed by atoms with Crippen molar-refractivity contribution in [3.63, 3.8) is 0 Å². The van der Waals surface area contributed by atoms with Gasteiger partial charge in [0.05, 0.1) is 15.5 Å². The van der Waals surface area contributed by atoms with Crippen molar-refractivity contribution in [3.05, 3.63) is 82.6 Å². The van der Waals surface area contributed by atoms with Crippen molar-refractivity contribution in [1.82, 2.24) is 0 Å². The number of para-hydroxylation sites is 1. The van der Waals surface area contributed by atoms with Crippen molar-refractivity contribution in [2.45, 2.75) is 11.8 Å². The average molecular weight is 357 g/mol. The van der Waals surface area contributed by atoms with Gasteiger partial charge in [0.2, 0.25) is 0 Å². The summed E-state index contributed by atoms with van der Waals surface area (Å²) in [7, 11) is -4.01. The van der Waals surface area contributed by atoms with Gasteiger partial charge in [0.1, 0.15) is 0 Å². The molecular formula is C18H15NO3S2. The molecule has 1 amide bonds. The zero-order valence-corrected chi connectivity index (χ0v) is 14.5. The SMILES string of the molecule is Cc1ccc(S(=O)(=O)N(C(=O)c2cccs2)c2ccccc2)cc1. The predicted molar refractivity (Wildman–Crippen MR) is 95.9 cm³/mol. The lowest BCUT2D eigenvalue weighted by Crippen LogP contribution is -2.36. The molecule has 0 atom stereocenters. The Hall–Kier alpha value is -2.44. The van der Waals surface area contributed by atoms with Crippen LogP contribution < -0.4 is 4.31 Å². The molecule has 0 saturated heterocycles. The van der Waals surface area contributed by atoms with Crippen molar-refractivity contribution >= 4 is 33.0 Å². The van der Waals surface area contributed by atoms with Gasteiger partial charge in [0.25, 0.3) is 15.9 Å². The Kier molecular flexibility index (Phi) is 4.51. The molecule has 0 bridgehead atoms. The van der Waals surface area contributed by atoms with Crippen LogP contribution in [-0.4, -0.2) is 14.3 Å². The summed E-state index contributed by atoms with van der Waals surface area (Å²) < 4.78 is 27.0. The molecule has 0 spiro atoms. The zero-order valence-electron chi connectivity index (χ0n) is 12.9. The second-order valence-electron chi connectivity index (χ2n) is 5.20. The van der Waals surface area contributed by atoms with E-state index in [4.69, 9.17) is 0 Å². The topological polar surface area (TPSA) is 54.5 Å². The maximum Gasteiger partial charge on any atom is 0.282 e. The number of aryl methyl sites for hydroxylation is 1. The maximum absolute atomic E-state index is 13.1. The number of benzene rings is 2. The summed E-state index contributed by atoms with van der Waals surface area (Å²) in [4.78, 5) is 13.3. The van der Waals surface area contributed by atoms with Gasteiger partial charge >= 0.3 is 0 Å². The van der Waals surface area contributed by atoms with Gasteiger partial charge in [-0.1, -0.05) is 42.0 Å². The van der Waals surface area contributed by atoms with Crippen LogP contribution in [0.1, 0.15) is 15.2 Å². The summed E-state index contributed by atoms with van der Waals surface area (Å²) in [5.41, 5.74) is 1.27. The summed E-state index contributed by atoms with van der Waals surface area (Å²) in [6.07, 6.45) is 0. The van der Waals surface area contributed by atoms with Crippen LogP contribution in [-0.2, 0) is 10.0 Å². The molecule has 0 aliphatic rings. The first kappa shape index (κ1) is 16.4. The Morgan fingerprint density at radius 1 is 0.917 bits per heavy atom. The number of thiophene rings is 1. The third kappa shape index (κ3) is 3.11. The summed E-state index contributed by atoms with van der Waals surface area (Å²) in [6.45, 7) is 1.88. The van der Waals surface area contributed by atoms with Crippen LogP contribution >= 0.6 is 11.3 Å². The standard InChI is InChI=1S/C18H15NO3S2/c1-14-9-11-16(12-10-14)24(21,22)19(15-6-3-2-4-7-15)18(20)17-8-5-13-23-17/h2-13H,1H3. The third-order valence-corrected chi connectivity index (χ3v) is 6.05. The van der Waals surface area contributed by atoms with Gasteiger partial charge < -0.3 is 0 Å². The van der Waals surface area contributed by atoms with Gasteiger partial charge in [-0.15, -0.1) is 11.3 Å². The van der Waals surface area contributed by atoms with E-state index in [2.05, 4.69) is 0 Å². The van der Waals surface area contributed by atoms with E-state index in [9.17, 15) is 13.2 Å². The monoisotopic (exact) mass is 357 g/mol. The fourth-order valence-electron chi connectivity index (χ4n) is 2.24. The van der Waals surface area contributed by atoms with Crippen LogP contribution in [0.15, 0.2) is 77.0 Å². The first-order chi connectivity index (χ1) is 11.5. The van der Waals surface area contributed by atoms with Gasteiger partial charge in [-0.3, -0.25) is 4.79 Å². The fourth-order valence-corrected chi connectivity index (χ4v) is 4.36. The summed E-state index contributed by atoms with van der Waals surface area (Å²) in [5, 5.41) is 1.74. The molecule has 0 unspecified atom stereocenters. The van der Waals surface area contributed by atoms with Gasteiger partial charge in [-0.25, -0.2) is 8.42 Å². The average Bonchev–Trinajstić information content (AvgIpc) is 3.11. The van der Waals surface area contributed by atoms with Crippen LogP contribution in [0.2, 0.25) is 0 Å². The van der Waals surface area contributed by atoms with Crippen LogP contribution in [0.3, 0.4) is 0 Å². The Morgan fingerprint density at radius 3 is 2.17 bits per heavy atom. The van der Waals surface area contributed by atoms with Gasteiger partial charge in [0, 0.05) is 0 Å². The molecule has 0 aliphatic carbocycles. The number of carbonyl (C=O) groups excluding carboxylic acids is 1. The van der Waals surface area contributed by atoms with E-state index in [-0.39, 0.29) is 4.90 Å². The smallest absolute Gasteiger partial charge is 0.267 e. The number of nitrogens with zero attached hydrogens (tertiary/aromatic N) is 1. The third-order valence-electron chi connectivity index (χ3n) is 3.47. The molecule has 3 rings (SSSR count). The molecule has 0 aliphatic heterocycles. The molecule has 4 nitrogen and oxygen atoms in total. The van der Waals surface area contributed by atoms with Gasteiger partial charge in [-0.05, 0) is 42.6 Å². The van der Waals surface area contributed by atoms with Gasteiger partial charge in [-0.2, -0.15) is 4.31 Å². The number of hydrogen-bond acceptors (Lipinski definition) is 4. The molecule has 0 fully saturated rings. The zero-order chi connectivity index (χ0) is 17.2. The van der Waals surface area contributed by atoms with E-state index in [1.165, 1.54) is 23.5 Å². The van der Waals surface area contributed by atoms with E-state index in [0.29, 0.717) is 10.6 Å². The maximum atomic E-state index is 13.1. The molecule has 24 heavy (non-hydrogen) atoms. The van der Waals surface area contributed by atoms with E-state index >= 15 is 0 Å². The summed E-state index contributed by atoms with van der Waals surface area (Å²) in [6, 6.07) is 18.2. The number of anilines is 1. The summed E-state index contributed by atoms with van der Waals surface area (Å²) >= 11 is 1.21. The minimum Gasteiger partial charge on any atom is -0.267 e. The Morgan fingerprint density at radius 2 is 1.58 bits per heavy atom. The first-order valence-corrected chi connectivity index (χ1v) is 9.57. The number of rotatable bonds is 4. The quantitative estimate of drug-likeness (QED) is 0.706. The largest absolute Gasteiger partial charge is 0.282 e. The molecule has 0 radical (unpaired) electrons. The lowest BCUT2D eigenvalue weighted by molar-refractivity contribution is 0.101. The highest BCUT2D eigenvalue weighted by atomic mass is 32.2. The Bertz CT molecular complexity index is 932. The van der Waals surface area contributed by atoms with E-state index in [1.807, 2.05) is 6.92 Å². The van der Waals surface area contributed by atoms with Crippen molar-refractivity contribution in [2.24, 2.45) is 0 Å². The first-order valence-electron chi connectivity index (χ1n) is 7.25. The van der Waals surface area contributed by atoms with E-state index in [0.717, 1.165) is 9.87 Å². The van der Waals surface area contributed by atoms with Crippen molar-refractivity contribution in [2.75, 3.05) is 4.31 Å². The second-order valence-corrected chi connectivity index (χ2v) is 7.93. The van der Waals surface area contributed by atoms with Crippen molar-refractivity contribution < 1.29 is 13.2 Å². The summed E-state index contributed by atoms with van der Waals surface area (Å²) in [5.74, 6) is -0.559. The number of amides is 1. The number of hydrogen-bond donors (Lipinski definition) is 0. The minimum absolute atomic E-state index is 0.0851. The van der Waals surface area contributed by atoms with E-state index < -0.39 is 15.9 Å². The van der Waals surface area contributed by atoms with Crippen LogP contribution in [0.25, 0.3) is 0 Å². The minimum atomic E-state index is -4.01. The van der Waals surface area contributed by atoms with Crippen LogP contribution in [0.4, 0.5) is 5.69 Å². The molecule has 0 N–H and O–H groups in total. The van der Waals surface area contributed by atoms with Gasteiger partial charge in [0.15, 0.2) is 0 Å². The highest BCUT2D eigenvalue weighted by Crippen LogP contribution is 2.27. The molecular weight excluding hydrogens is 342 g/mol. The molecule has 0 saturated carbocycles. The predicted octanol–water partition coefficient (Wildman–Crippen LogP) is 4.09. The molecule has 1 aromatic heterocycles. The van der Waals surface area contributed by atoms with Crippen LogP contribution in [0.5, 0.6) is 0 Å². The fraction of sp³-hybridized carbons (Fsp3) is 0.0556. The highest BCUT2D eigenvalue weighted by Gasteiger charge is 2.32. The molecule has 1 heterocycles. The molecule has 3 aromatic rings.